The minimum atomic E-state index is -4.17. The van der Waals surface area contributed by atoms with E-state index in [1.165, 1.54) is 0 Å². The molecule has 0 aliphatic heterocycles. The molecule has 0 saturated heterocycles. The van der Waals surface area contributed by atoms with E-state index < -0.39 is 10.2 Å². The maximum absolute atomic E-state index is 10.7. The lowest BCUT2D eigenvalue weighted by Crippen LogP contribution is -1.85. The number of hydrogen-bond acceptors (Lipinski definition) is 4. The lowest BCUT2D eigenvalue weighted by Gasteiger charge is -2.02. The summed E-state index contributed by atoms with van der Waals surface area (Å²) in [6.07, 6.45) is 0.493. The first-order valence-electron chi connectivity index (χ1n) is 5.37. The van der Waals surface area contributed by atoms with E-state index >= 15 is 0 Å². The van der Waals surface area contributed by atoms with Gasteiger partial charge in [0, 0.05) is 11.4 Å². The molecule has 0 atom stereocenters. The van der Waals surface area contributed by atoms with Crippen LogP contribution in [0.5, 0.6) is 0 Å². The molecule has 2 aromatic rings. The summed E-state index contributed by atoms with van der Waals surface area (Å²) in [5.74, 6) is 0. The zero-order valence-corrected chi connectivity index (χ0v) is 11.2. The molecule has 0 spiro atoms. The van der Waals surface area contributed by atoms with Gasteiger partial charge in [-0.25, -0.2) is 0 Å². The summed E-state index contributed by atoms with van der Waals surface area (Å²) in [6.45, 7) is 0. The Morgan fingerprint density at radius 1 is 0.789 bits per heavy atom. The van der Waals surface area contributed by atoms with Crippen LogP contribution in [0.4, 0.5) is 15.3 Å². The molecule has 0 fully saturated rings. The van der Waals surface area contributed by atoms with Gasteiger partial charge in [-0.2, -0.15) is 8.42 Å². The molecule has 0 saturated carbocycles. The van der Waals surface area contributed by atoms with Gasteiger partial charge in [-0.15, -0.1) is 3.89 Å². The standard InChI is InChI=1S/C12H12N2.CH3FO2S/c13-11-5-1-9(2-6-11)10-3-7-12(14)8-4-10;1-5(2,3)4/h1-8H,13-14H2;1H3. The molecule has 4 N–H and O–H groups in total. The van der Waals surface area contributed by atoms with Gasteiger partial charge in [-0.3, -0.25) is 0 Å². The highest BCUT2D eigenvalue weighted by Crippen LogP contribution is 2.21. The quantitative estimate of drug-likeness (QED) is 0.621. The van der Waals surface area contributed by atoms with Crippen molar-refractivity contribution in [3.63, 3.8) is 0 Å². The minimum Gasteiger partial charge on any atom is -0.399 e. The molecular weight excluding hydrogens is 267 g/mol. The van der Waals surface area contributed by atoms with E-state index in [0.29, 0.717) is 6.26 Å². The maximum Gasteiger partial charge on any atom is 0.299 e. The van der Waals surface area contributed by atoms with Crippen molar-refractivity contribution in [3.8, 4) is 11.1 Å². The Kier molecular flexibility index (Phi) is 4.88. The third-order valence-corrected chi connectivity index (χ3v) is 2.15. The Morgan fingerprint density at radius 2 is 1.00 bits per heavy atom. The van der Waals surface area contributed by atoms with Crippen LogP contribution in [0.3, 0.4) is 0 Å². The summed E-state index contributed by atoms with van der Waals surface area (Å²) >= 11 is 0. The summed E-state index contributed by atoms with van der Waals surface area (Å²) in [5.41, 5.74) is 15.1. The van der Waals surface area contributed by atoms with Gasteiger partial charge >= 0.3 is 0 Å². The van der Waals surface area contributed by atoms with Crippen molar-refractivity contribution in [3.05, 3.63) is 48.5 Å². The van der Waals surface area contributed by atoms with E-state index in [2.05, 4.69) is 0 Å². The number of anilines is 2. The van der Waals surface area contributed by atoms with Crippen LogP contribution >= 0.6 is 0 Å². The zero-order chi connectivity index (χ0) is 14.5. The second-order valence-corrected chi connectivity index (χ2v) is 5.29. The van der Waals surface area contributed by atoms with Crippen molar-refractivity contribution in [2.45, 2.75) is 0 Å². The van der Waals surface area contributed by atoms with Crippen LogP contribution in [0.1, 0.15) is 0 Å². The van der Waals surface area contributed by atoms with E-state index in [1.807, 2.05) is 48.5 Å². The molecule has 102 valence electrons. The van der Waals surface area contributed by atoms with Gasteiger partial charge in [-0.05, 0) is 35.4 Å². The van der Waals surface area contributed by atoms with E-state index in [-0.39, 0.29) is 0 Å². The molecule has 19 heavy (non-hydrogen) atoms. The molecule has 0 bridgehead atoms. The van der Waals surface area contributed by atoms with Crippen molar-refractivity contribution in [1.82, 2.24) is 0 Å². The summed E-state index contributed by atoms with van der Waals surface area (Å²) < 4.78 is 28.6. The average molecular weight is 282 g/mol. The fourth-order valence-electron chi connectivity index (χ4n) is 1.35. The zero-order valence-electron chi connectivity index (χ0n) is 10.4. The average Bonchev–Trinajstić information content (AvgIpc) is 2.29. The van der Waals surface area contributed by atoms with Crippen LogP contribution in [0.25, 0.3) is 11.1 Å². The van der Waals surface area contributed by atoms with Gasteiger partial charge in [-0.1, -0.05) is 24.3 Å². The molecule has 0 unspecified atom stereocenters. The normalized spacial score (nSPS) is 10.4. The maximum atomic E-state index is 10.7. The second kappa shape index (κ2) is 6.19. The molecular formula is C13H15FN2O2S. The largest absolute Gasteiger partial charge is 0.399 e. The molecule has 0 aliphatic carbocycles. The van der Waals surface area contributed by atoms with Gasteiger partial charge in [0.1, 0.15) is 0 Å². The predicted octanol–water partition coefficient (Wildman–Crippen LogP) is 2.43. The van der Waals surface area contributed by atoms with Crippen molar-refractivity contribution in [2.24, 2.45) is 0 Å². The topological polar surface area (TPSA) is 86.2 Å². The fraction of sp³-hybridized carbons (Fsp3) is 0.0769. The van der Waals surface area contributed by atoms with Gasteiger partial charge in [0.2, 0.25) is 0 Å². The monoisotopic (exact) mass is 282 g/mol. The summed E-state index contributed by atoms with van der Waals surface area (Å²) in [4.78, 5) is 0. The third kappa shape index (κ3) is 6.42. The Bertz CT molecular complexity index is 571. The van der Waals surface area contributed by atoms with E-state index in [4.69, 9.17) is 19.9 Å². The fourth-order valence-corrected chi connectivity index (χ4v) is 1.35. The predicted molar refractivity (Wildman–Crippen MR) is 76.7 cm³/mol. The highest BCUT2D eigenvalue weighted by molar-refractivity contribution is 7.85. The van der Waals surface area contributed by atoms with Crippen LogP contribution in [0.15, 0.2) is 48.5 Å². The summed E-state index contributed by atoms with van der Waals surface area (Å²) in [5, 5.41) is 0. The van der Waals surface area contributed by atoms with Crippen molar-refractivity contribution in [2.75, 3.05) is 17.7 Å². The Hall–Kier alpha value is -2.08. The van der Waals surface area contributed by atoms with E-state index in [9.17, 15) is 3.89 Å². The molecule has 2 rings (SSSR count). The summed E-state index contributed by atoms with van der Waals surface area (Å²) in [6, 6.07) is 15.6. The number of nitrogens with two attached hydrogens (primary N) is 2. The van der Waals surface area contributed by atoms with Crippen molar-refractivity contribution < 1.29 is 12.3 Å². The van der Waals surface area contributed by atoms with Crippen LogP contribution in [-0.2, 0) is 10.2 Å². The van der Waals surface area contributed by atoms with Crippen LogP contribution in [0.2, 0.25) is 0 Å². The van der Waals surface area contributed by atoms with Crippen molar-refractivity contribution >= 4 is 21.6 Å². The smallest absolute Gasteiger partial charge is 0.299 e. The van der Waals surface area contributed by atoms with Crippen molar-refractivity contribution in [1.29, 1.82) is 0 Å². The van der Waals surface area contributed by atoms with E-state index in [1.54, 1.807) is 0 Å². The second-order valence-electron chi connectivity index (χ2n) is 3.93. The molecule has 0 aliphatic rings. The first-order valence-corrected chi connectivity index (χ1v) is 7.16. The molecule has 0 radical (unpaired) electrons. The van der Waals surface area contributed by atoms with Gasteiger partial charge in [0.25, 0.3) is 10.2 Å². The first kappa shape index (κ1) is 15.0. The number of rotatable bonds is 1. The Labute approximate surface area is 112 Å². The van der Waals surface area contributed by atoms with Crippen LogP contribution in [0, 0.1) is 0 Å². The SMILES string of the molecule is CS(=O)(=O)F.Nc1ccc(-c2ccc(N)cc2)cc1. The summed E-state index contributed by atoms with van der Waals surface area (Å²) in [7, 11) is -4.17. The number of hydrogen-bond donors (Lipinski definition) is 2. The molecule has 0 amide bonds. The Morgan fingerprint density at radius 3 is 1.21 bits per heavy atom. The van der Waals surface area contributed by atoms with Gasteiger partial charge < -0.3 is 11.5 Å². The van der Waals surface area contributed by atoms with Crippen LogP contribution in [-0.4, -0.2) is 14.7 Å². The van der Waals surface area contributed by atoms with Crippen LogP contribution < -0.4 is 11.5 Å². The molecule has 4 nitrogen and oxygen atoms in total. The number of nitrogen functional groups attached to an aromatic ring is 2. The lowest BCUT2D eigenvalue weighted by molar-refractivity contribution is 0.559. The molecule has 2 aromatic carbocycles. The third-order valence-electron chi connectivity index (χ3n) is 2.15. The molecule has 0 aromatic heterocycles. The Balaban J connectivity index is 0.000000312. The first-order chi connectivity index (χ1) is 8.75. The molecule has 0 heterocycles. The van der Waals surface area contributed by atoms with E-state index in [0.717, 1.165) is 22.5 Å². The highest BCUT2D eigenvalue weighted by atomic mass is 32.3. The number of benzene rings is 2. The minimum absolute atomic E-state index is 0.493. The highest BCUT2D eigenvalue weighted by Gasteiger charge is 1.95. The number of halogens is 1. The van der Waals surface area contributed by atoms with Gasteiger partial charge in [0.05, 0.1) is 6.26 Å². The molecule has 6 heteroatoms. The lowest BCUT2D eigenvalue weighted by atomic mass is 10.1. The van der Waals surface area contributed by atoms with Gasteiger partial charge in [0.15, 0.2) is 0 Å².